The second-order valence-corrected chi connectivity index (χ2v) is 7.24. The van der Waals surface area contributed by atoms with Crippen LogP contribution < -0.4 is 5.32 Å². The molecule has 2 aromatic rings. The summed E-state index contributed by atoms with van der Waals surface area (Å²) >= 11 is 7.79. The van der Waals surface area contributed by atoms with Crippen molar-refractivity contribution in [3.05, 3.63) is 44.1 Å². The van der Waals surface area contributed by atoms with Crippen molar-refractivity contribution in [3.63, 3.8) is 0 Å². The Kier molecular flexibility index (Phi) is 2.74. The van der Waals surface area contributed by atoms with Crippen LogP contribution in [0.15, 0.2) is 18.2 Å². The molecule has 1 aliphatic carbocycles. The highest BCUT2D eigenvalue weighted by molar-refractivity contribution is 7.16. The lowest BCUT2D eigenvalue weighted by atomic mass is 9.74. The van der Waals surface area contributed by atoms with Gasteiger partial charge in [0.15, 0.2) is 11.5 Å². The third kappa shape index (κ3) is 1.75. The van der Waals surface area contributed by atoms with E-state index in [-0.39, 0.29) is 17.4 Å². The fraction of sp³-hybridized carbons (Fsp3) is 0.333. The highest BCUT2D eigenvalue weighted by Gasteiger charge is 2.36. The Hall–Kier alpha value is -1.23. The molecule has 0 spiro atoms. The minimum atomic E-state index is -0.0437. The second-order valence-electron chi connectivity index (χ2n) is 5.47. The predicted octanol–water partition coefficient (Wildman–Crippen LogP) is 3.36. The van der Waals surface area contributed by atoms with Crippen LogP contribution in [0.2, 0.25) is 4.34 Å². The molecule has 4 rings (SSSR count). The lowest BCUT2D eigenvalue weighted by molar-refractivity contribution is 0.382. The summed E-state index contributed by atoms with van der Waals surface area (Å²) in [7, 11) is 0. The lowest BCUT2D eigenvalue weighted by Crippen LogP contribution is -2.41. The highest BCUT2D eigenvalue weighted by Crippen LogP contribution is 2.46. The second kappa shape index (κ2) is 4.38. The number of phenols is 2. The summed E-state index contributed by atoms with van der Waals surface area (Å²) in [4.78, 5) is 1.27. The maximum Gasteiger partial charge on any atom is 0.157 e. The Balaban J connectivity index is 1.91. The molecule has 1 aromatic heterocycles. The molecular formula is C15H14ClNO2S. The molecule has 2 heterocycles. The van der Waals surface area contributed by atoms with Crippen LogP contribution in [-0.4, -0.2) is 16.3 Å². The molecule has 1 aliphatic heterocycles. The topological polar surface area (TPSA) is 52.5 Å². The van der Waals surface area contributed by atoms with E-state index in [4.69, 9.17) is 11.6 Å². The van der Waals surface area contributed by atoms with Crippen molar-refractivity contribution in [1.29, 1.82) is 0 Å². The summed E-state index contributed by atoms with van der Waals surface area (Å²) in [6.45, 7) is 0.868. The van der Waals surface area contributed by atoms with E-state index < -0.39 is 0 Å². The summed E-state index contributed by atoms with van der Waals surface area (Å²) in [6, 6.07) is 5.84. The van der Waals surface area contributed by atoms with Crippen LogP contribution in [0.5, 0.6) is 11.5 Å². The van der Waals surface area contributed by atoms with Gasteiger partial charge in [-0.15, -0.1) is 11.3 Å². The number of thiophene rings is 1. The van der Waals surface area contributed by atoms with Gasteiger partial charge in [-0.2, -0.15) is 0 Å². The Morgan fingerprint density at radius 2 is 1.95 bits per heavy atom. The van der Waals surface area contributed by atoms with Gasteiger partial charge in [-0.3, -0.25) is 0 Å². The zero-order valence-electron chi connectivity index (χ0n) is 10.7. The molecule has 2 aliphatic rings. The van der Waals surface area contributed by atoms with Crippen LogP contribution >= 0.6 is 22.9 Å². The van der Waals surface area contributed by atoms with Crippen LogP contribution in [0.3, 0.4) is 0 Å². The van der Waals surface area contributed by atoms with E-state index in [1.165, 1.54) is 10.4 Å². The van der Waals surface area contributed by atoms with Gasteiger partial charge >= 0.3 is 0 Å². The number of fused-ring (bicyclic) bond motifs is 5. The molecule has 0 bridgehead atoms. The summed E-state index contributed by atoms with van der Waals surface area (Å²) in [6.07, 6.45) is 1.96. The minimum Gasteiger partial charge on any atom is -0.504 e. The molecule has 0 unspecified atom stereocenters. The molecule has 20 heavy (non-hydrogen) atoms. The molecule has 0 saturated heterocycles. The van der Waals surface area contributed by atoms with Gasteiger partial charge in [0.2, 0.25) is 0 Å². The molecule has 0 fully saturated rings. The smallest absolute Gasteiger partial charge is 0.157 e. The zero-order chi connectivity index (χ0) is 13.9. The summed E-state index contributed by atoms with van der Waals surface area (Å²) in [5, 5.41) is 23.1. The first-order valence-corrected chi connectivity index (χ1v) is 7.89. The van der Waals surface area contributed by atoms with Crippen molar-refractivity contribution in [2.75, 3.05) is 0 Å². The first-order valence-electron chi connectivity index (χ1n) is 6.69. The first-order chi connectivity index (χ1) is 9.63. The maximum atomic E-state index is 9.82. The van der Waals surface area contributed by atoms with Crippen molar-refractivity contribution in [2.45, 2.75) is 31.3 Å². The van der Waals surface area contributed by atoms with E-state index in [1.54, 1.807) is 23.5 Å². The predicted molar refractivity (Wildman–Crippen MR) is 79.9 cm³/mol. The van der Waals surface area contributed by atoms with Crippen molar-refractivity contribution in [2.24, 2.45) is 0 Å². The molecule has 5 heteroatoms. The Labute approximate surface area is 125 Å². The summed E-state index contributed by atoms with van der Waals surface area (Å²) in [5.41, 5.74) is 3.51. The third-order valence-corrected chi connectivity index (χ3v) is 5.65. The van der Waals surface area contributed by atoms with E-state index in [0.29, 0.717) is 6.04 Å². The molecule has 0 amide bonds. The van der Waals surface area contributed by atoms with Crippen molar-refractivity contribution in [3.8, 4) is 11.5 Å². The van der Waals surface area contributed by atoms with Gasteiger partial charge in [0.05, 0.1) is 4.34 Å². The molecule has 0 saturated carbocycles. The zero-order valence-corrected chi connectivity index (χ0v) is 12.3. The molecule has 1 aromatic carbocycles. The lowest BCUT2D eigenvalue weighted by Gasteiger charge is -2.38. The number of benzene rings is 1. The molecule has 2 atom stereocenters. The average molecular weight is 308 g/mol. The molecule has 0 radical (unpaired) electrons. The van der Waals surface area contributed by atoms with Crippen LogP contribution in [0, 0.1) is 0 Å². The number of hydrogen-bond donors (Lipinski definition) is 3. The van der Waals surface area contributed by atoms with Crippen LogP contribution in [-0.2, 0) is 13.0 Å². The van der Waals surface area contributed by atoms with Gasteiger partial charge in [0, 0.05) is 23.4 Å². The Bertz CT molecular complexity index is 697. The number of rotatable bonds is 0. The van der Waals surface area contributed by atoms with E-state index in [2.05, 4.69) is 11.4 Å². The third-order valence-electron chi connectivity index (χ3n) is 4.37. The van der Waals surface area contributed by atoms with E-state index >= 15 is 0 Å². The standard InChI is InChI=1S/C15H14ClNO2S/c16-14-5-9-13(20-14)6-17-10-2-1-7-3-11(18)12(19)4-8(7)15(9)10/h3-5,10,15,17-19H,1-2,6H2/t10-,15-/m1/s1. The summed E-state index contributed by atoms with van der Waals surface area (Å²) in [5.74, 6) is 0.144. The van der Waals surface area contributed by atoms with Gasteiger partial charge in [-0.25, -0.2) is 0 Å². The number of phenolic OH excluding ortho intramolecular Hbond substituents is 2. The Morgan fingerprint density at radius 1 is 1.15 bits per heavy atom. The van der Waals surface area contributed by atoms with E-state index in [9.17, 15) is 10.2 Å². The largest absolute Gasteiger partial charge is 0.504 e. The van der Waals surface area contributed by atoms with Crippen LogP contribution in [0.4, 0.5) is 0 Å². The monoisotopic (exact) mass is 307 g/mol. The van der Waals surface area contributed by atoms with E-state index in [0.717, 1.165) is 34.8 Å². The molecule has 3 N–H and O–H groups in total. The van der Waals surface area contributed by atoms with Gasteiger partial charge in [-0.1, -0.05) is 11.6 Å². The van der Waals surface area contributed by atoms with Crippen molar-refractivity contribution in [1.82, 2.24) is 5.32 Å². The highest BCUT2D eigenvalue weighted by atomic mass is 35.5. The quantitative estimate of drug-likeness (QED) is 0.654. The normalized spacial score (nSPS) is 23.9. The fourth-order valence-corrected chi connectivity index (χ4v) is 4.75. The molecular weight excluding hydrogens is 294 g/mol. The van der Waals surface area contributed by atoms with Gasteiger partial charge in [0.1, 0.15) is 0 Å². The van der Waals surface area contributed by atoms with Crippen molar-refractivity contribution >= 4 is 22.9 Å². The van der Waals surface area contributed by atoms with Crippen LogP contribution in [0.25, 0.3) is 0 Å². The van der Waals surface area contributed by atoms with Gasteiger partial charge in [-0.05, 0) is 47.7 Å². The molecule has 104 valence electrons. The number of nitrogens with one attached hydrogen (secondary N) is 1. The maximum absolute atomic E-state index is 9.82. The van der Waals surface area contributed by atoms with E-state index in [1.807, 2.05) is 0 Å². The van der Waals surface area contributed by atoms with Gasteiger partial charge in [0.25, 0.3) is 0 Å². The SMILES string of the molecule is Oc1cc2c(cc1O)[C@@H]1c3cc(Cl)sc3CN[C@@H]1CC2. The van der Waals surface area contributed by atoms with Crippen molar-refractivity contribution < 1.29 is 10.2 Å². The number of aromatic hydroxyl groups is 2. The van der Waals surface area contributed by atoms with Gasteiger partial charge < -0.3 is 15.5 Å². The number of aryl methyl sites for hydroxylation is 1. The fourth-order valence-electron chi connectivity index (χ4n) is 3.47. The minimum absolute atomic E-state index is 0.0328. The number of hydrogen-bond acceptors (Lipinski definition) is 4. The summed E-state index contributed by atoms with van der Waals surface area (Å²) < 4.78 is 0.813. The first kappa shape index (κ1) is 12.5. The number of halogens is 1. The Morgan fingerprint density at radius 3 is 2.80 bits per heavy atom. The molecule has 3 nitrogen and oxygen atoms in total. The average Bonchev–Trinajstić information content (AvgIpc) is 2.80. The van der Waals surface area contributed by atoms with Crippen LogP contribution in [0.1, 0.15) is 33.9 Å².